The van der Waals surface area contributed by atoms with Gasteiger partial charge in [0.15, 0.2) is 5.43 Å². The van der Waals surface area contributed by atoms with Gasteiger partial charge >= 0.3 is 0 Å². The Morgan fingerprint density at radius 3 is 2.77 bits per heavy atom. The standard InChI is InChI=1S/C20H12N4O5S/c1-10-5-6-14-13(7-10)17(25)15-16(11-3-2-4-12(8-11)24(27)28)23(19(26)18(15)29-14)20-22-21-9-30-20/h2-9,16H,1H3. The van der Waals surface area contributed by atoms with Gasteiger partial charge in [-0.15, -0.1) is 10.2 Å². The van der Waals surface area contributed by atoms with Crippen LogP contribution in [0.3, 0.4) is 0 Å². The first-order valence-electron chi connectivity index (χ1n) is 8.87. The molecule has 0 radical (unpaired) electrons. The monoisotopic (exact) mass is 420 g/mol. The minimum Gasteiger partial charge on any atom is -0.450 e. The molecule has 10 heteroatoms. The van der Waals surface area contributed by atoms with Gasteiger partial charge in [-0.1, -0.05) is 35.1 Å². The molecule has 0 aliphatic carbocycles. The Morgan fingerprint density at radius 2 is 2.03 bits per heavy atom. The van der Waals surface area contributed by atoms with Crippen LogP contribution in [0.1, 0.15) is 33.3 Å². The first kappa shape index (κ1) is 18.1. The molecule has 2 aromatic carbocycles. The summed E-state index contributed by atoms with van der Waals surface area (Å²) in [5.74, 6) is -0.638. The second kappa shape index (κ2) is 6.56. The number of benzene rings is 2. The summed E-state index contributed by atoms with van der Waals surface area (Å²) in [5, 5.41) is 19.7. The molecule has 3 heterocycles. The molecule has 0 fully saturated rings. The van der Waals surface area contributed by atoms with E-state index in [1.807, 2.05) is 6.92 Å². The highest BCUT2D eigenvalue weighted by Gasteiger charge is 2.45. The van der Waals surface area contributed by atoms with Crippen molar-refractivity contribution in [2.45, 2.75) is 13.0 Å². The molecule has 9 nitrogen and oxygen atoms in total. The Balaban J connectivity index is 1.83. The third-order valence-corrected chi connectivity index (χ3v) is 5.67. The molecule has 0 spiro atoms. The van der Waals surface area contributed by atoms with Gasteiger partial charge in [0.05, 0.1) is 21.9 Å². The average molecular weight is 420 g/mol. The van der Waals surface area contributed by atoms with E-state index in [4.69, 9.17) is 4.42 Å². The van der Waals surface area contributed by atoms with Gasteiger partial charge in [0.25, 0.3) is 11.6 Å². The van der Waals surface area contributed by atoms with Crippen LogP contribution < -0.4 is 10.3 Å². The quantitative estimate of drug-likeness (QED) is 0.367. The van der Waals surface area contributed by atoms with Gasteiger partial charge in [-0.05, 0) is 24.6 Å². The summed E-state index contributed by atoms with van der Waals surface area (Å²) >= 11 is 1.12. The zero-order chi connectivity index (χ0) is 21.0. The second-order valence-electron chi connectivity index (χ2n) is 6.82. The molecule has 148 valence electrons. The lowest BCUT2D eigenvalue weighted by atomic mass is 9.98. The number of nitrogens with zero attached hydrogens (tertiary/aromatic N) is 4. The molecule has 30 heavy (non-hydrogen) atoms. The van der Waals surface area contributed by atoms with Crippen molar-refractivity contribution in [2.24, 2.45) is 0 Å². The van der Waals surface area contributed by atoms with E-state index >= 15 is 0 Å². The number of carbonyl (C=O) groups excluding carboxylic acids is 1. The zero-order valence-corrected chi connectivity index (χ0v) is 16.3. The molecular weight excluding hydrogens is 408 g/mol. The SMILES string of the molecule is Cc1ccc2oc3c(c(=O)c2c1)C(c1cccc([N+](=O)[O-])c1)N(c1nncs1)C3=O. The molecule has 1 unspecified atom stereocenters. The number of rotatable bonds is 3. The Kier molecular flexibility index (Phi) is 3.97. The molecule has 0 N–H and O–H groups in total. The van der Waals surface area contributed by atoms with Crippen molar-refractivity contribution < 1.29 is 14.1 Å². The first-order valence-corrected chi connectivity index (χ1v) is 9.75. The van der Waals surface area contributed by atoms with E-state index in [9.17, 15) is 19.7 Å². The Bertz CT molecular complexity index is 1400. The highest BCUT2D eigenvalue weighted by Crippen LogP contribution is 2.42. The van der Waals surface area contributed by atoms with Crippen LogP contribution >= 0.6 is 11.3 Å². The van der Waals surface area contributed by atoms with Gasteiger partial charge in [-0.25, -0.2) is 0 Å². The highest BCUT2D eigenvalue weighted by molar-refractivity contribution is 7.13. The summed E-state index contributed by atoms with van der Waals surface area (Å²) in [7, 11) is 0. The third-order valence-electron chi connectivity index (χ3n) is 4.98. The van der Waals surface area contributed by atoms with Crippen molar-refractivity contribution in [1.82, 2.24) is 10.2 Å². The summed E-state index contributed by atoms with van der Waals surface area (Å²) in [6.07, 6.45) is 0. The van der Waals surface area contributed by atoms with Crippen molar-refractivity contribution in [3.63, 3.8) is 0 Å². The number of carbonyl (C=O) groups is 1. The lowest BCUT2D eigenvalue weighted by Crippen LogP contribution is -2.29. The molecule has 1 aliphatic heterocycles. The largest absolute Gasteiger partial charge is 0.450 e. The van der Waals surface area contributed by atoms with Crippen molar-refractivity contribution in [1.29, 1.82) is 0 Å². The summed E-state index contributed by atoms with van der Waals surface area (Å²) < 4.78 is 5.84. The fourth-order valence-electron chi connectivity index (χ4n) is 3.68. The summed E-state index contributed by atoms with van der Waals surface area (Å²) in [5.41, 5.74) is 2.67. The predicted molar refractivity (Wildman–Crippen MR) is 109 cm³/mol. The Hall–Kier alpha value is -3.92. The summed E-state index contributed by atoms with van der Waals surface area (Å²) in [6.45, 7) is 1.85. The maximum Gasteiger partial charge on any atom is 0.297 e. The van der Waals surface area contributed by atoms with E-state index in [1.165, 1.54) is 28.6 Å². The van der Waals surface area contributed by atoms with Crippen molar-refractivity contribution in [2.75, 3.05) is 4.90 Å². The number of non-ortho nitro benzene ring substituents is 1. The van der Waals surface area contributed by atoms with E-state index in [-0.39, 0.29) is 27.6 Å². The summed E-state index contributed by atoms with van der Waals surface area (Å²) in [6, 6.07) is 10.1. The van der Waals surface area contributed by atoms with Gasteiger partial charge < -0.3 is 4.42 Å². The van der Waals surface area contributed by atoms with Crippen LogP contribution in [0.15, 0.2) is 57.2 Å². The molecule has 0 saturated carbocycles. The van der Waals surface area contributed by atoms with E-state index in [0.717, 1.165) is 16.9 Å². The minimum absolute atomic E-state index is 0.0944. The number of aromatic nitrogens is 2. The number of fused-ring (bicyclic) bond motifs is 2. The van der Waals surface area contributed by atoms with Crippen LogP contribution in [0, 0.1) is 17.0 Å². The minimum atomic E-state index is -0.915. The Labute approximate surface area is 172 Å². The maximum absolute atomic E-state index is 13.4. The van der Waals surface area contributed by atoms with Crippen LogP contribution in [0.5, 0.6) is 0 Å². The van der Waals surface area contributed by atoms with Crippen molar-refractivity contribution in [3.8, 4) is 0 Å². The lowest BCUT2D eigenvalue weighted by molar-refractivity contribution is -0.384. The van der Waals surface area contributed by atoms with Gasteiger partial charge in [0, 0.05) is 12.1 Å². The lowest BCUT2D eigenvalue weighted by Gasteiger charge is -2.21. The fourth-order valence-corrected chi connectivity index (χ4v) is 4.26. The van der Waals surface area contributed by atoms with Crippen LogP contribution in [0.2, 0.25) is 0 Å². The fraction of sp³-hybridized carbons (Fsp3) is 0.100. The highest BCUT2D eigenvalue weighted by atomic mass is 32.1. The van der Waals surface area contributed by atoms with Gasteiger partial charge in [0.1, 0.15) is 11.1 Å². The van der Waals surface area contributed by atoms with E-state index < -0.39 is 16.9 Å². The molecule has 4 aromatic rings. The van der Waals surface area contributed by atoms with E-state index in [1.54, 1.807) is 24.3 Å². The van der Waals surface area contributed by atoms with Crippen molar-refractivity contribution >= 4 is 39.0 Å². The van der Waals surface area contributed by atoms with Crippen LogP contribution in [0.4, 0.5) is 10.8 Å². The van der Waals surface area contributed by atoms with E-state index in [0.29, 0.717) is 16.5 Å². The number of amides is 1. The number of hydrogen-bond donors (Lipinski definition) is 0. The molecule has 2 aromatic heterocycles. The zero-order valence-electron chi connectivity index (χ0n) is 15.4. The van der Waals surface area contributed by atoms with Crippen molar-refractivity contribution in [3.05, 3.63) is 90.8 Å². The topological polar surface area (TPSA) is 119 Å². The number of aryl methyl sites for hydroxylation is 1. The molecular formula is C20H12N4O5S. The van der Waals surface area contributed by atoms with E-state index in [2.05, 4.69) is 10.2 Å². The summed E-state index contributed by atoms with van der Waals surface area (Å²) in [4.78, 5) is 38.8. The van der Waals surface area contributed by atoms with Crippen LogP contribution in [0.25, 0.3) is 11.0 Å². The molecule has 1 amide bonds. The van der Waals surface area contributed by atoms with Crippen LogP contribution in [-0.2, 0) is 0 Å². The number of nitro groups is 1. The maximum atomic E-state index is 13.4. The molecule has 0 saturated heterocycles. The predicted octanol–water partition coefficient (Wildman–Crippen LogP) is 3.61. The smallest absolute Gasteiger partial charge is 0.297 e. The Morgan fingerprint density at radius 1 is 1.20 bits per heavy atom. The first-order chi connectivity index (χ1) is 14.5. The second-order valence-corrected chi connectivity index (χ2v) is 7.64. The third kappa shape index (κ3) is 2.61. The number of nitro benzene ring substituents is 1. The van der Waals surface area contributed by atoms with Crippen LogP contribution in [-0.4, -0.2) is 21.0 Å². The van der Waals surface area contributed by atoms with Gasteiger partial charge in [-0.3, -0.25) is 24.6 Å². The van der Waals surface area contributed by atoms with Gasteiger partial charge in [-0.2, -0.15) is 0 Å². The molecule has 5 rings (SSSR count). The normalized spacial score (nSPS) is 15.6. The van der Waals surface area contributed by atoms with Gasteiger partial charge in [0.2, 0.25) is 10.9 Å². The number of hydrogen-bond acceptors (Lipinski definition) is 8. The molecule has 1 atom stereocenters. The molecule has 0 bridgehead atoms. The molecule has 1 aliphatic rings. The average Bonchev–Trinajstić information content (AvgIpc) is 3.35. The number of anilines is 1.